The minimum absolute atomic E-state index is 0.928. The number of para-hydroxylation sites is 1. The van der Waals surface area contributed by atoms with Crippen molar-refractivity contribution in [2.45, 2.75) is 0 Å². The lowest BCUT2D eigenvalue weighted by Gasteiger charge is -2.19. The van der Waals surface area contributed by atoms with Crippen LogP contribution in [0.15, 0.2) is 162 Å². The van der Waals surface area contributed by atoms with E-state index in [1.807, 2.05) is 17.4 Å². The van der Waals surface area contributed by atoms with Crippen molar-refractivity contribution in [3.8, 4) is 32.7 Å². The van der Waals surface area contributed by atoms with Crippen LogP contribution in [-0.4, -0.2) is 0 Å². The van der Waals surface area contributed by atoms with Crippen LogP contribution >= 0.6 is 11.3 Å². The summed E-state index contributed by atoms with van der Waals surface area (Å²) in [5.74, 6) is 0. The lowest BCUT2D eigenvalue weighted by Crippen LogP contribution is -1.91. The van der Waals surface area contributed by atoms with Gasteiger partial charge in [-0.25, -0.2) is 0 Å². The molecular weight excluding hydrogens is 577 g/mol. The third-order valence-electron chi connectivity index (χ3n) is 9.47. The van der Waals surface area contributed by atoms with E-state index in [1.54, 1.807) is 0 Å². The van der Waals surface area contributed by atoms with Crippen LogP contribution in [0.25, 0.3) is 97.0 Å². The van der Waals surface area contributed by atoms with E-state index in [9.17, 15) is 0 Å². The second-order valence-electron chi connectivity index (χ2n) is 12.0. The molecule has 0 N–H and O–H groups in total. The van der Waals surface area contributed by atoms with Crippen molar-refractivity contribution in [3.05, 3.63) is 158 Å². The van der Waals surface area contributed by atoms with E-state index in [-0.39, 0.29) is 0 Å². The molecule has 0 saturated heterocycles. The van der Waals surface area contributed by atoms with Gasteiger partial charge in [-0.15, -0.1) is 11.3 Å². The minimum atomic E-state index is 0.928. The van der Waals surface area contributed by atoms with E-state index in [0.29, 0.717) is 0 Å². The van der Waals surface area contributed by atoms with Crippen LogP contribution in [0.4, 0.5) is 0 Å². The molecule has 0 unspecified atom stereocenters. The van der Waals surface area contributed by atoms with Crippen LogP contribution in [0.1, 0.15) is 0 Å². The van der Waals surface area contributed by atoms with Crippen LogP contribution in [0.3, 0.4) is 0 Å². The van der Waals surface area contributed by atoms with Gasteiger partial charge in [0.2, 0.25) is 0 Å². The first-order chi connectivity index (χ1) is 22.8. The Hall–Kier alpha value is -5.70. The van der Waals surface area contributed by atoms with Crippen LogP contribution in [0, 0.1) is 0 Å². The zero-order valence-corrected chi connectivity index (χ0v) is 25.6. The maximum atomic E-state index is 6.37. The molecule has 10 aromatic rings. The lowest BCUT2D eigenvalue weighted by molar-refractivity contribution is 0.669. The SMILES string of the molecule is c1ccc(-c2c(-c3c4ccccc4c(-c4cccc5ccccc45)c4ccccc34)sc3cc4oc5ccccc5c4cc23)cc1. The maximum Gasteiger partial charge on any atom is 0.136 e. The Morgan fingerprint density at radius 3 is 1.70 bits per heavy atom. The molecule has 0 fully saturated rings. The summed E-state index contributed by atoms with van der Waals surface area (Å²) in [5.41, 5.74) is 8.21. The molecule has 46 heavy (non-hydrogen) atoms. The molecule has 2 heterocycles. The van der Waals surface area contributed by atoms with E-state index >= 15 is 0 Å². The van der Waals surface area contributed by atoms with Gasteiger partial charge in [-0.05, 0) is 67.2 Å². The zero-order chi connectivity index (χ0) is 30.2. The Kier molecular flexibility index (Phi) is 5.51. The fourth-order valence-electron chi connectivity index (χ4n) is 7.49. The fourth-order valence-corrected chi connectivity index (χ4v) is 8.80. The minimum Gasteiger partial charge on any atom is -0.456 e. The number of hydrogen-bond acceptors (Lipinski definition) is 2. The lowest BCUT2D eigenvalue weighted by atomic mass is 9.85. The van der Waals surface area contributed by atoms with E-state index < -0.39 is 0 Å². The summed E-state index contributed by atoms with van der Waals surface area (Å²) < 4.78 is 7.60. The predicted molar refractivity (Wildman–Crippen MR) is 198 cm³/mol. The Labute approximate surface area is 269 Å². The second-order valence-corrected chi connectivity index (χ2v) is 13.0. The topological polar surface area (TPSA) is 13.1 Å². The van der Waals surface area contributed by atoms with Crippen molar-refractivity contribution in [2.75, 3.05) is 0 Å². The van der Waals surface area contributed by atoms with Crippen molar-refractivity contribution < 1.29 is 4.42 Å². The Bertz CT molecular complexity index is 2740. The summed E-state index contributed by atoms with van der Waals surface area (Å²) in [6, 6.07) is 57.2. The number of furan rings is 1. The first kappa shape index (κ1) is 25.6. The van der Waals surface area contributed by atoms with Crippen LogP contribution < -0.4 is 0 Å². The number of fused-ring (bicyclic) bond motifs is 7. The summed E-state index contributed by atoms with van der Waals surface area (Å²) in [7, 11) is 0. The molecule has 0 atom stereocenters. The van der Waals surface area contributed by atoms with Crippen LogP contribution in [0.5, 0.6) is 0 Å². The number of rotatable bonds is 3. The standard InChI is InChI=1S/C44H26OS/c1-2-14-28(15-3-1)41-37-25-36-30-18-10-11-24-38(30)45-39(36)26-40(37)46-44(41)43-34-21-8-6-19-32(34)42(33-20-7-9-22-35(33)43)31-23-12-16-27-13-4-5-17-29(27)31/h1-26H. The molecule has 8 aromatic carbocycles. The van der Waals surface area contributed by atoms with Crippen molar-refractivity contribution in [2.24, 2.45) is 0 Å². The highest BCUT2D eigenvalue weighted by molar-refractivity contribution is 7.23. The summed E-state index contributed by atoms with van der Waals surface area (Å²) in [6.07, 6.45) is 0. The molecule has 0 spiro atoms. The first-order valence-corrected chi connectivity index (χ1v) is 16.5. The van der Waals surface area contributed by atoms with Crippen LogP contribution in [-0.2, 0) is 0 Å². The molecular formula is C44H26OS. The highest BCUT2D eigenvalue weighted by Gasteiger charge is 2.24. The molecule has 1 nitrogen and oxygen atoms in total. The molecule has 0 aliphatic carbocycles. The molecule has 2 heteroatoms. The average Bonchev–Trinajstić information content (AvgIpc) is 3.67. The monoisotopic (exact) mass is 602 g/mol. The average molecular weight is 603 g/mol. The van der Waals surface area contributed by atoms with E-state index in [0.717, 1.165) is 21.9 Å². The Balaban J connectivity index is 1.37. The maximum absolute atomic E-state index is 6.37. The summed E-state index contributed by atoms with van der Waals surface area (Å²) >= 11 is 1.87. The Morgan fingerprint density at radius 1 is 0.370 bits per heavy atom. The Morgan fingerprint density at radius 2 is 0.957 bits per heavy atom. The normalized spacial score (nSPS) is 11.9. The van der Waals surface area contributed by atoms with Crippen molar-refractivity contribution in [3.63, 3.8) is 0 Å². The molecule has 0 bridgehead atoms. The van der Waals surface area contributed by atoms with Gasteiger partial charge < -0.3 is 4.42 Å². The molecule has 0 amide bonds. The van der Waals surface area contributed by atoms with Gasteiger partial charge in [0, 0.05) is 36.9 Å². The molecule has 214 valence electrons. The second kappa shape index (κ2) is 9.90. The predicted octanol–water partition coefficient (Wildman–Crippen LogP) is 13.3. The highest BCUT2D eigenvalue weighted by Crippen LogP contribution is 2.52. The summed E-state index contributed by atoms with van der Waals surface area (Å²) in [6.45, 7) is 0. The number of hydrogen-bond donors (Lipinski definition) is 0. The van der Waals surface area contributed by atoms with Gasteiger partial charge in [0.15, 0.2) is 0 Å². The summed E-state index contributed by atoms with van der Waals surface area (Å²) in [5, 5.41) is 11.2. The van der Waals surface area contributed by atoms with Gasteiger partial charge in [0.1, 0.15) is 11.2 Å². The largest absolute Gasteiger partial charge is 0.456 e. The zero-order valence-electron chi connectivity index (χ0n) is 24.8. The van der Waals surface area contributed by atoms with Gasteiger partial charge in [0.05, 0.1) is 0 Å². The molecule has 2 aromatic heterocycles. The summed E-state index contributed by atoms with van der Waals surface area (Å²) in [4.78, 5) is 1.29. The molecule has 0 radical (unpaired) electrons. The van der Waals surface area contributed by atoms with Gasteiger partial charge in [-0.3, -0.25) is 0 Å². The van der Waals surface area contributed by atoms with E-state index in [1.165, 1.54) is 75.1 Å². The smallest absolute Gasteiger partial charge is 0.136 e. The van der Waals surface area contributed by atoms with Crippen molar-refractivity contribution in [1.29, 1.82) is 0 Å². The van der Waals surface area contributed by atoms with Gasteiger partial charge in [0.25, 0.3) is 0 Å². The molecule has 10 rings (SSSR count). The van der Waals surface area contributed by atoms with Gasteiger partial charge in [-0.2, -0.15) is 0 Å². The quantitative estimate of drug-likeness (QED) is 0.183. The van der Waals surface area contributed by atoms with Gasteiger partial charge >= 0.3 is 0 Å². The fraction of sp³-hybridized carbons (Fsp3) is 0. The number of thiophene rings is 1. The molecule has 0 aliphatic rings. The van der Waals surface area contributed by atoms with Crippen molar-refractivity contribution in [1.82, 2.24) is 0 Å². The third kappa shape index (κ3) is 3.68. The third-order valence-corrected chi connectivity index (χ3v) is 10.6. The van der Waals surface area contributed by atoms with E-state index in [4.69, 9.17) is 4.42 Å². The molecule has 0 saturated carbocycles. The van der Waals surface area contributed by atoms with Gasteiger partial charge in [-0.1, -0.05) is 140 Å². The van der Waals surface area contributed by atoms with Crippen LogP contribution in [0.2, 0.25) is 0 Å². The highest BCUT2D eigenvalue weighted by atomic mass is 32.1. The van der Waals surface area contributed by atoms with Crippen molar-refractivity contribution >= 4 is 75.7 Å². The molecule has 0 aliphatic heterocycles. The first-order valence-electron chi connectivity index (χ1n) is 15.7. The van der Waals surface area contributed by atoms with E-state index in [2.05, 4.69) is 152 Å². The number of benzene rings is 8.